The molecule has 2 N–H and O–H groups in total. The van der Waals surface area contributed by atoms with E-state index in [2.05, 4.69) is 10.2 Å². The number of ether oxygens (including phenoxy) is 1. The fraction of sp³-hybridized carbons (Fsp3) is 0.538. The number of piperazine rings is 1. The quantitative estimate of drug-likeness (QED) is 0.841. The Labute approximate surface area is 106 Å². The van der Waals surface area contributed by atoms with Crippen molar-refractivity contribution in [2.24, 2.45) is 0 Å². The van der Waals surface area contributed by atoms with Crippen LogP contribution in [0, 0.1) is 5.82 Å². The second-order valence-electron chi connectivity index (χ2n) is 4.46. The molecular weight excluding hydrogens is 235 g/mol. The fourth-order valence-corrected chi connectivity index (χ4v) is 2.15. The van der Waals surface area contributed by atoms with Gasteiger partial charge in [-0.25, -0.2) is 4.39 Å². The second kappa shape index (κ2) is 6.02. The van der Waals surface area contributed by atoms with Gasteiger partial charge < -0.3 is 20.1 Å². The van der Waals surface area contributed by atoms with Crippen LogP contribution in [0.25, 0.3) is 0 Å². The van der Waals surface area contributed by atoms with E-state index in [9.17, 15) is 9.50 Å². The van der Waals surface area contributed by atoms with Crippen LogP contribution in [0.1, 0.15) is 5.56 Å². The number of rotatable bonds is 4. The van der Waals surface area contributed by atoms with Crippen LogP contribution in [0.3, 0.4) is 0 Å². The smallest absolute Gasteiger partial charge is 0.168 e. The summed E-state index contributed by atoms with van der Waals surface area (Å²) in [5.74, 6) is -0.389. The van der Waals surface area contributed by atoms with Crippen molar-refractivity contribution in [3.05, 3.63) is 23.5 Å². The lowest BCUT2D eigenvalue weighted by Gasteiger charge is -2.27. The van der Waals surface area contributed by atoms with Crippen molar-refractivity contribution in [1.82, 2.24) is 10.2 Å². The van der Waals surface area contributed by atoms with Crippen molar-refractivity contribution < 1.29 is 14.2 Å². The molecule has 18 heavy (non-hydrogen) atoms. The molecule has 1 aliphatic heterocycles. The molecule has 1 aromatic rings. The zero-order valence-corrected chi connectivity index (χ0v) is 10.6. The van der Waals surface area contributed by atoms with Crippen LogP contribution in [0.2, 0.25) is 0 Å². The lowest BCUT2D eigenvalue weighted by molar-refractivity contribution is 0.243. The molecule has 0 aliphatic carbocycles. The number of halogens is 1. The SMILES string of the molecule is COc1cc(O)c(F)c(CCN2CCNCC2)c1. The summed E-state index contributed by atoms with van der Waals surface area (Å²) in [7, 11) is 1.51. The van der Waals surface area contributed by atoms with E-state index in [0.717, 1.165) is 32.7 Å². The highest BCUT2D eigenvalue weighted by atomic mass is 19.1. The highest BCUT2D eigenvalue weighted by Crippen LogP contribution is 2.26. The molecule has 1 fully saturated rings. The molecule has 0 radical (unpaired) electrons. The van der Waals surface area contributed by atoms with Crippen LogP contribution in [-0.2, 0) is 6.42 Å². The third-order valence-electron chi connectivity index (χ3n) is 3.24. The van der Waals surface area contributed by atoms with E-state index in [4.69, 9.17) is 4.74 Å². The first-order chi connectivity index (χ1) is 8.70. The lowest BCUT2D eigenvalue weighted by atomic mass is 10.1. The van der Waals surface area contributed by atoms with Crippen LogP contribution < -0.4 is 10.1 Å². The second-order valence-corrected chi connectivity index (χ2v) is 4.46. The zero-order valence-electron chi connectivity index (χ0n) is 10.6. The molecule has 1 aromatic carbocycles. The Morgan fingerprint density at radius 3 is 2.78 bits per heavy atom. The molecule has 0 unspecified atom stereocenters. The molecule has 0 aromatic heterocycles. The number of phenolic OH excluding ortho intramolecular Hbond substituents is 1. The van der Waals surface area contributed by atoms with E-state index in [1.165, 1.54) is 13.2 Å². The molecule has 4 nitrogen and oxygen atoms in total. The Balaban J connectivity index is 2.01. The molecule has 1 saturated heterocycles. The summed E-state index contributed by atoms with van der Waals surface area (Å²) in [6.45, 7) is 4.72. The maximum absolute atomic E-state index is 13.7. The summed E-state index contributed by atoms with van der Waals surface area (Å²) in [5, 5.41) is 12.7. The van der Waals surface area contributed by atoms with Gasteiger partial charge >= 0.3 is 0 Å². The molecule has 0 amide bonds. The van der Waals surface area contributed by atoms with Crippen molar-refractivity contribution >= 4 is 0 Å². The first-order valence-corrected chi connectivity index (χ1v) is 6.19. The first-order valence-electron chi connectivity index (χ1n) is 6.19. The summed E-state index contributed by atoms with van der Waals surface area (Å²) in [6, 6.07) is 2.95. The number of hydrogen-bond acceptors (Lipinski definition) is 4. The molecule has 5 heteroatoms. The van der Waals surface area contributed by atoms with Gasteiger partial charge in [0, 0.05) is 38.8 Å². The van der Waals surface area contributed by atoms with E-state index in [1.807, 2.05) is 0 Å². The molecule has 0 bridgehead atoms. The number of phenols is 1. The van der Waals surface area contributed by atoms with E-state index in [1.54, 1.807) is 6.07 Å². The van der Waals surface area contributed by atoms with E-state index in [-0.39, 0.29) is 5.75 Å². The average molecular weight is 254 g/mol. The third-order valence-corrected chi connectivity index (χ3v) is 3.24. The summed E-state index contributed by atoms with van der Waals surface area (Å²) >= 11 is 0. The van der Waals surface area contributed by atoms with E-state index >= 15 is 0 Å². The topological polar surface area (TPSA) is 44.7 Å². The summed E-state index contributed by atoms with van der Waals surface area (Å²) in [5.41, 5.74) is 0.505. The van der Waals surface area contributed by atoms with Gasteiger partial charge in [-0.2, -0.15) is 0 Å². The minimum Gasteiger partial charge on any atom is -0.505 e. The maximum Gasteiger partial charge on any atom is 0.168 e. The standard InChI is InChI=1S/C13H19FN2O2/c1-18-11-8-10(13(14)12(17)9-11)2-5-16-6-3-15-4-7-16/h8-9,15,17H,2-7H2,1H3. The van der Waals surface area contributed by atoms with Crippen molar-refractivity contribution in [2.75, 3.05) is 39.8 Å². The van der Waals surface area contributed by atoms with Gasteiger partial charge in [-0.15, -0.1) is 0 Å². The minimum atomic E-state index is -0.536. The monoisotopic (exact) mass is 254 g/mol. The summed E-state index contributed by atoms with van der Waals surface area (Å²) in [6.07, 6.45) is 0.580. The predicted molar refractivity (Wildman–Crippen MR) is 67.6 cm³/mol. The number of benzene rings is 1. The Bertz CT molecular complexity index is 406. The predicted octanol–water partition coefficient (Wildman–Crippen LogP) is 0.988. The average Bonchev–Trinajstić information content (AvgIpc) is 2.41. The van der Waals surface area contributed by atoms with Crippen LogP contribution >= 0.6 is 0 Å². The zero-order chi connectivity index (χ0) is 13.0. The van der Waals surface area contributed by atoms with Gasteiger partial charge in [0.1, 0.15) is 5.75 Å². The van der Waals surface area contributed by atoms with Gasteiger partial charge in [0.2, 0.25) is 0 Å². The largest absolute Gasteiger partial charge is 0.505 e. The van der Waals surface area contributed by atoms with Crippen LogP contribution in [-0.4, -0.2) is 49.8 Å². The number of nitrogens with one attached hydrogen (secondary N) is 1. The highest BCUT2D eigenvalue weighted by molar-refractivity contribution is 5.39. The van der Waals surface area contributed by atoms with Crippen molar-refractivity contribution in [3.63, 3.8) is 0 Å². The van der Waals surface area contributed by atoms with Crippen molar-refractivity contribution in [1.29, 1.82) is 0 Å². The van der Waals surface area contributed by atoms with Gasteiger partial charge in [-0.3, -0.25) is 0 Å². The van der Waals surface area contributed by atoms with Gasteiger partial charge in [0.25, 0.3) is 0 Å². The third kappa shape index (κ3) is 3.11. The highest BCUT2D eigenvalue weighted by Gasteiger charge is 2.13. The van der Waals surface area contributed by atoms with E-state index < -0.39 is 5.82 Å². The molecule has 0 saturated carbocycles. The van der Waals surface area contributed by atoms with Crippen molar-refractivity contribution in [3.8, 4) is 11.5 Å². The van der Waals surface area contributed by atoms with Gasteiger partial charge in [-0.1, -0.05) is 0 Å². The Kier molecular flexibility index (Phi) is 4.38. The molecular formula is C13H19FN2O2. The molecule has 1 heterocycles. The number of methoxy groups -OCH3 is 1. The first kappa shape index (κ1) is 13.1. The van der Waals surface area contributed by atoms with Crippen LogP contribution in [0.5, 0.6) is 11.5 Å². The Morgan fingerprint density at radius 1 is 1.39 bits per heavy atom. The number of nitrogens with zero attached hydrogens (tertiary/aromatic N) is 1. The fourth-order valence-electron chi connectivity index (χ4n) is 2.15. The normalized spacial score (nSPS) is 16.8. The van der Waals surface area contributed by atoms with Gasteiger partial charge in [-0.05, 0) is 18.1 Å². The number of aromatic hydroxyl groups is 1. The maximum atomic E-state index is 13.7. The van der Waals surface area contributed by atoms with Gasteiger partial charge in [0.15, 0.2) is 11.6 Å². The lowest BCUT2D eigenvalue weighted by Crippen LogP contribution is -2.44. The summed E-state index contributed by atoms with van der Waals surface area (Å²) in [4.78, 5) is 2.28. The van der Waals surface area contributed by atoms with Crippen LogP contribution in [0.15, 0.2) is 12.1 Å². The molecule has 0 atom stereocenters. The molecule has 2 rings (SSSR count). The Morgan fingerprint density at radius 2 is 2.11 bits per heavy atom. The Hall–Kier alpha value is -1.33. The van der Waals surface area contributed by atoms with Crippen LogP contribution in [0.4, 0.5) is 4.39 Å². The summed E-state index contributed by atoms with van der Waals surface area (Å²) < 4.78 is 18.8. The molecule has 0 spiro atoms. The van der Waals surface area contributed by atoms with Crippen molar-refractivity contribution in [2.45, 2.75) is 6.42 Å². The molecule has 100 valence electrons. The minimum absolute atomic E-state index is 0.343. The van der Waals surface area contributed by atoms with Gasteiger partial charge in [0.05, 0.1) is 7.11 Å². The van der Waals surface area contributed by atoms with E-state index in [0.29, 0.717) is 17.7 Å². The number of hydrogen-bond donors (Lipinski definition) is 2. The molecule has 1 aliphatic rings.